The summed E-state index contributed by atoms with van der Waals surface area (Å²) in [6.45, 7) is 4.38. The summed E-state index contributed by atoms with van der Waals surface area (Å²) in [6, 6.07) is -0.822. The predicted molar refractivity (Wildman–Crippen MR) is 398 cm³/mol. The lowest BCUT2D eigenvalue weighted by atomic mass is 9.99. The fourth-order valence-corrected chi connectivity index (χ4v) is 13.6. The molecule has 556 valence electrons. The quantitative estimate of drug-likeness (QED) is 0.0195. The first-order valence-corrected chi connectivity index (χ1v) is 41.6. The Morgan fingerprint density at radius 3 is 1.05 bits per heavy atom. The SMILES string of the molecule is CCCCCCCCC/C=C/CC/C=C/C(O)C(COC1OC(CO)C(O)C(O)C1O)NC(=O)CCCCCCCCCCCCCCCCCCCCCCCCCCCCCCCCCCCCCCCCCOC(=O)CCCCCCCCCCCCCCCC. The summed E-state index contributed by atoms with van der Waals surface area (Å²) in [5, 5.41) is 54.5. The second-order valence-electron chi connectivity index (χ2n) is 29.2. The maximum Gasteiger partial charge on any atom is 0.305 e. The maximum absolute atomic E-state index is 13.1. The number of hydrogen-bond donors (Lipinski definition) is 6. The monoisotopic (exact) mass is 1330 g/mol. The smallest absolute Gasteiger partial charge is 0.305 e. The third-order valence-electron chi connectivity index (χ3n) is 20.1. The Labute approximate surface area is 581 Å². The molecule has 0 bridgehead atoms. The average Bonchev–Trinajstić information content (AvgIpc) is 0.844. The van der Waals surface area contributed by atoms with Gasteiger partial charge in [-0.1, -0.05) is 398 Å². The van der Waals surface area contributed by atoms with Crippen molar-refractivity contribution in [3.8, 4) is 0 Å². The normalized spacial score (nSPS) is 17.5. The number of hydrogen-bond acceptors (Lipinski definition) is 10. The van der Waals surface area contributed by atoms with Crippen molar-refractivity contribution in [1.29, 1.82) is 0 Å². The van der Waals surface area contributed by atoms with Crippen molar-refractivity contribution in [2.45, 2.75) is 474 Å². The van der Waals surface area contributed by atoms with E-state index in [0.717, 1.165) is 51.4 Å². The number of rotatable bonds is 75. The van der Waals surface area contributed by atoms with Crippen molar-refractivity contribution in [3.63, 3.8) is 0 Å². The lowest BCUT2D eigenvalue weighted by Gasteiger charge is -2.40. The Balaban J connectivity index is 1.87. The molecule has 6 N–H and O–H groups in total. The van der Waals surface area contributed by atoms with E-state index in [1.807, 2.05) is 6.08 Å². The molecule has 0 saturated carbocycles. The Morgan fingerprint density at radius 2 is 0.691 bits per heavy atom. The van der Waals surface area contributed by atoms with Gasteiger partial charge in [0.2, 0.25) is 5.91 Å². The number of aliphatic hydroxyl groups excluding tert-OH is 5. The molecule has 0 aromatic rings. The van der Waals surface area contributed by atoms with Gasteiger partial charge in [0.05, 0.1) is 32.0 Å². The van der Waals surface area contributed by atoms with Crippen molar-refractivity contribution in [1.82, 2.24) is 5.32 Å². The van der Waals surface area contributed by atoms with Crippen molar-refractivity contribution in [2.75, 3.05) is 19.8 Å². The summed E-state index contributed by atoms with van der Waals surface area (Å²) in [5.74, 6) is -0.162. The number of carbonyl (C=O) groups is 2. The molecule has 1 rings (SSSR count). The second-order valence-corrected chi connectivity index (χ2v) is 29.2. The molecular weight excluding hydrogens is 1170 g/mol. The van der Waals surface area contributed by atoms with Gasteiger partial charge in [0.1, 0.15) is 24.4 Å². The highest BCUT2D eigenvalue weighted by Gasteiger charge is 2.44. The van der Waals surface area contributed by atoms with Gasteiger partial charge < -0.3 is 45.1 Å². The molecule has 1 amide bonds. The summed E-state index contributed by atoms with van der Waals surface area (Å²) >= 11 is 0. The van der Waals surface area contributed by atoms with Crippen LogP contribution in [0.1, 0.15) is 431 Å². The maximum atomic E-state index is 13.1. The van der Waals surface area contributed by atoms with E-state index in [0.29, 0.717) is 19.4 Å². The number of amides is 1. The summed E-state index contributed by atoms with van der Waals surface area (Å²) < 4.78 is 16.8. The first kappa shape index (κ1) is 90.2. The molecule has 1 aliphatic heterocycles. The highest BCUT2D eigenvalue weighted by molar-refractivity contribution is 5.76. The highest BCUT2D eigenvalue weighted by atomic mass is 16.7. The number of esters is 1. The van der Waals surface area contributed by atoms with Gasteiger partial charge in [-0.3, -0.25) is 9.59 Å². The van der Waals surface area contributed by atoms with Crippen molar-refractivity contribution in [2.24, 2.45) is 0 Å². The summed E-state index contributed by atoms with van der Waals surface area (Å²) in [4.78, 5) is 25.2. The van der Waals surface area contributed by atoms with E-state index in [1.54, 1.807) is 6.08 Å². The van der Waals surface area contributed by atoms with Crippen LogP contribution in [-0.4, -0.2) is 100 Å². The summed E-state index contributed by atoms with van der Waals surface area (Å²) in [5.41, 5.74) is 0. The molecule has 0 aromatic carbocycles. The molecule has 1 aliphatic rings. The fourth-order valence-electron chi connectivity index (χ4n) is 13.6. The molecule has 7 atom stereocenters. The number of carbonyl (C=O) groups excluding carboxylic acids is 2. The highest BCUT2D eigenvalue weighted by Crippen LogP contribution is 2.24. The van der Waals surface area contributed by atoms with E-state index in [4.69, 9.17) is 14.2 Å². The first-order chi connectivity index (χ1) is 46.2. The van der Waals surface area contributed by atoms with Gasteiger partial charge in [0, 0.05) is 12.8 Å². The van der Waals surface area contributed by atoms with E-state index < -0.39 is 49.5 Å². The van der Waals surface area contributed by atoms with E-state index in [2.05, 4.69) is 31.3 Å². The largest absolute Gasteiger partial charge is 0.466 e. The lowest BCUT2D eigenvalue weighted by molar-refractivity contribution is -0.302. The number of unbranched alkanes of at least 4 members (excludes halogenated alkanes) is 59. The van der Waals surface area contributed by atoms with E-state index in [1.165, 1.54) is 353 Å². The van der Waals surface area contributed by atoms with Gasteiger partial charge in [-0.25, -0.2) is 0 Å². The molecule has 0 aromatic heterocycles. The van der Waals surface area contributed by atoms with Crippen molar-refractivity contribution >= 4 is 11.9 Å². The molecule has 1 saturated heterocycles. The van der Waals surface area contributed by atoms with E-state index >= 15 is 0 Å². The van der Waals surface area contributed by atoms with Crippen LogP contribution < -0.4 is 5.32 Å². The predicted octanol–water partition coefficient (Wildman–Crippen LogP) is 22.7. The molecule has 11 heteroatoms. The van der Waals surface area contributed by atoms with E-state index in [9.17, 15) is 35.1 Å². The molecule has 0 radical (unpaired) electrons. The van der Waals surface area contributed by atoms with Gasteiger partial charge in [-0.2, -0.15) is 0 Å². The van der Waals surface area contributed by atoms with Crippen molar-refractivity contribution in [3.05, 3.63) is 24.3 Å². The van der Waals surface area contributed by atoms with Crippen LogP contribution in [0.4, 0.5) is 0 Å². The van der Waals surface area contributed by atoms with Crippen LogP contribution in [0.15, 0.2) is 24.3 Å². The zero-order chi connectivity index (χ0) is 67.9. The number of aliphatic hydroxyl groups is 5. The Bertz CT molecular complexity index is 1610. The van der Waals surface area contributed by atoms with Gasteiger partial charge in [0.25, 0.3) is 0 Å². The summed E-state index contributed by atoms with van der Waals surface area (Å²) in [7, 11) is 0. The first-order valence-electron chi connectivity index (χ1n) is 41.6. The minimum absolute atomic E-state index is 0.0214. The van der Waals surface area contributed by atoms with Crippen LogP contribution in [0.2, 0.25) is 0 Å². The van der Waals surface area contributed by atoms with Crippen molar-refractivity contribution < 1.29 is 49.3 Å². The van der Waals surface area contributed by atoms with Crippen LogP contribution in [0.5, 0.6) is 0 Å². The molecule has 94 heavy (non-hydrogen) atoms. The fraction of sp³-hybridized carbons (Fsp3) is 0.928. The number of allylic oxidation sites excluding steroid dienone is 3. The third-order valence-corrected chi connectivity index (χ3v) is 20.1. The molecule has 7 unspecified atom stereocenters. The lowest BCUT2D eigenvalue weighted by Crippen LogP contribution is -2.60. The molecule has 1 heterocycles. The number of ether oxygens (including phenoxy) is 3. The molecule has 11 nitrogen and oxygen atoms in total. The molecular formula is C83H159NO10. The minimum atomic E-state index is -1.57. The zero-order valence-corrected chi connectivity index (χ0v) is 62.2. The zero-order valence-electron chi connectivity index (χ0n) is 62.2. The van der Waals surface area contributed by atoms with Crippen LogP contribution in [-0.2, 0) is 23.8 Å². The van der Waals surface area contributed by atoms with Gasteiger partial charge >= 0.3 is 5.97 Å². The minimum Gasteiger partial charge on any atom is -0.466 e. The number of nitrogens with one attached hydrogen (secondary N) is 1. The van der Waals surface area contributed by atoms with Gasteiger partial charge in [-0.15, -0.1) is 0 Å². The Kier molecular flexibility index (Phi) is 69.4. The molecule has 0 aliphatic carbocycles. The average molecular weight is 1330 g/mol. The van der Waals surface area contributed by atoms with Gasteiger partial charge in [-0.05, 0) is 44.9 Å². The summed E-state index contributed by atoms with van der Waals surface area (Å²) in [6.07, 6.45) is 83.8. The molecule has 1 fully saturated rings. The van der Waals surface area contributed by atoms with Crippen LogP contribution in [0, 0.1) is 0 Å². The second kappa shape index (κ2) is 72.4. The van der Waals surface area contributed by atoms with E-state index in [-0.39, 0.29) is 18.5 Å². The Morgan fingerprint density at radius 1 is 0.383 bits per heavy atom. The van der Waals surface area contributed by atoms with Gasteiger partial charge in [0.15, 0.2) is 6.29 Å². The standard InChI is InChI=1S/C83H159NO10/c1-3-5-7-9-11-13-15-17-47-51-55-59-63-67-71-79(88)92-72-68-64-60-56-52-48-44-42-40-38-36-34-32-30-28-26-24-22-20-18-19-21-23-25-27-29-31-33-35-37-39-41-43-46-50-54-58-62-66-70-78(87)84-75(74-93-83-82(91)81(90)80(89)77(73-85)94-83)76(86)69-65-61-57-53-49-45-16-14-12-10-8-6-4-2/h49,53,65,69,75-77,80-83,85-86,89-91H,3-48,50-52,54-64,66-68,70-74H2,1-2H3,(H,84,87)/b53-49+,69-65+. The van der Waals surface area contributed by atoms with Crippen LogP contribution >= 0.6 is 0 Å². The van der Waals surface area contributed by atoms with Crippen LogP contribution in [0.3, 0.4) is 0 Å². The Hall–Kier alpha value is -1.86. The topological polar surface area (TPSA) is 175 Å². The van der Waals surface area contributed by atoms with Crippen LogP contribution in [0.25, 0.3) is 0 Å². The molecule has 0 spiro atoms. The third kappa shape index (κ3) is 60.1.